The monoisotopic (exact) mass is 288 g/mol. The van der Waals surface area contributed by atoms with Crippen LogP contribution in [-0.2, 0) is 11.3 Å². The molecule has 110 valence electrons. The fraction of sp³-hybridized carbons (Fsp3) is 0.333. The van der Waals surface area contributed by atoms with Crippen LogP contribution < -0.4 is 10.2 Å². The van der Waals surface area contributed by atoms with Gasteiger partial charge < -0.3 is 15.0 Å². The van der Waals surface area contributed by atoms with Gasteiger partial charge in [-0.15, -0.1) is 0 Å². The number of halogens is 1. The Balaban J connectivity index is 1.65. The first-order valence-electron chi connectivity index (χ1n) is 6.95. The van der Waals surface area contributed by atoms with Crippen molar-refractivity contribution in [1.82, 2.24) is 9.97 Å². The summed E-state index contributed by atoms with van der Waals surface area (Å²) in [5, 5.41) is 3.11. The zero-order chi connectivity index (χ0) is 14.5. The summed E-state index contributed by atoms with van der Waals surface area (Å²) < 4.78 is 18.4. The minimum atomic E-state index is -0.483. The van der Waals surface area contributed by atoms with E-state index < -0.39 is 5.95 Å². The molecule has 21 heavy (non-hydrogen) atoms. The van der Waals surface area contributed by atoms with Crippen molar-refractivity contribution in [2.45, 2.75) is 6.54 Å². The van der Waals surface area contributed by atoms with E-state index in [1.807, 2.05) is 12.1 Å². The number of nitrogens with one attached hydrogen (secondary N) is 1. The van der Waals surface area contributed by atoms with Gasteiger partial charge in [-0.05, 0) is 29.8 Å². The highest BCUT2D eigenvalue weighted by molar-refractivity contribution is 5.43. The van der Waals surface area contributed by atoms with Crippen molar-refractivity contribution in [1.29, 1.82) is 0 Å². The minimum absolute atomic E-state index is 0.483. The largest absolute Gasteiger partial charge is 0.378 e. The molecule has 1 aliphatic rings. The average molecular weight is 288 g/mol. The topological polar surface area (TPSA) is 50.3 Å². The number of morpholine rings is 1. The van der Waals surface area contributed by atoms with Crippen molar-refractivity contribution >= 4 is 11.6 Å². The van der Waals surface area contributed by atoms with Gasteiger partial charge in [0.25, 0.3) is 0 Å². The number of rotatable bonds is 4. The van der Waals surface area contributed by atoms with Crippen LogP contribution in [0.15, 0.2) is 36.5 Å². The second kappa shape index (κ2) is 6.49. The lowest BCUT2D eigenvalue weighted by Crippen LogP contribution is -2.36. The van der Waals surface area contributed by atoms with E-state index in [4.69, 9.17) is 4.74 Å². The van der Waals surface area contributed by atoms with Gasteiger partial charge in [0.15, 0.2) is 0 Å². The van der Waals surface area contributed by atoms with Gasteiger partial charge in [-0.2, -0.15) is 4.39 Å². The molecule has 0 atom stereocenters. The predicted octanol–water partition coefficient (Wildman–Crippen LogP) is 2.06. The van der Waals surface area contributed by atoms with Crippen LogP contribution in [-0.4, -0.2) is 36.3 Å². The van der Waals surface area contributed by atoms with E-state index in [1.54, 1.807) is 18.3 Å². The van der Waals surface area contributed by atoms with Crippen LogP contribution in [0.5, 0.6) is 0 Å². The van der Waals surface area contributed by atoms with Gasteiger partial charge in [0.05, 0.1) is 13.2 Å². The molecule has 0 radical (unpaired) electrons. The average Bonchev–Trinajstić information content (AvgIpc) is 2.54. The van der Waals surface area contributed by atoms with Crippen LogP contribution >= 0.6 is 0 Å². The third-order valence-corrected chi connectivity index (χ3v) is 3.33. The Morgan fingerprint density at radius 2 is 2.10 bits per heavy atom. The Kier molecular flexibility index (Phi) is 4.25. The van der Waals surface area contributed by atoms with Crippen LogP contribution in [0, 0.1) is 5.95 Å². The van der Waals surface area contributed by atoms with Gasteiger partial charge in [0, 0.05) is 25.8 Å². The zero-order valence-electron chi connectivity index (χ0n) is 11.6. The van der Waals surface area contributed by atoms with Gasteiger partial charge in [0.1, 0.15) is 11.6 Å². The summed E-state index contributed by atoms with van der Waals surface area (Å²) in [6.07, 6.45) is 1.79. The first kappa shape index (κ1) is 13.8. The Labute approximate surface area is 122 Å². The van der Waals surface area contributed by atoms with E-state index in [1.165, 1.54) is 6.07 Å². The number of ether oxygens (including phenoxy) is 1. The smallest absolute Gasteiger partial charge is 0.214 e. The molecule has 0 unspecified atom stereocenters. The maximum absolute atomic E-state index is 13.0. The lowest BCUT2D eigenvalue weighted by Gasteiger charge is -2.28. The standard InChI is InChI=1S/C15H17FN4O/c16-13-2-1-3-14(19-13)18-11-12-4-5-17-15(10-12)20-6-8-21-9-7-20/h1-5,10H,6-9,11H2,(H,18,19). The fourth-order valence-corrected chi connectivity index (χ4v) is 2.24. The summed E-state index contributed by atoms with van der Waals surface area (Å²) in [6, 6.07) is 8.69. The van der Waals surface area contributed by atoms with E-state index in [2.05, 4.69) is 20.2 Å². The number of hydrogen-bond donors (Lipinski definition) is 1. The molecule has 3 heterocycles. The number of pyridine rings is 2. The Bertz CT molecular complexity index is 602. The summed E-state index contributed by atoms with van der Waals surface area (Å²) in [7, 11) is 0. The zero-order valence-corrected chi connectivity index (χ0v) is 11.6. The first-order valence-corrected chi connectivity index (χ1v) is 6.95. The maximum Gasteiger partial charge on any atom is 0.214 e. The number of anilines is 2. The van der Waals surface area contributed by atoms with Gasteiger partial charge in [0.2, 0.25) is 5.95 Å². The quantitative estimate of drug-likeness (QED) is 0.873. The minimum Gasteiger partial charge on any atom is -0.378 e. The van der Waals surface area contributed by atoms with E-state index in [0.29, 0.717) is 12.4 Å². The molecule has 0 aliphatic carbocycles. The predicted molar refractivity (Wildman–Crippen MR) is 78.8 cm³/mol. The third kappa shape index (κ3) is 3.66. The highest BCUT2D eigenvalue weighted by Gasteiger charge is 2.12. The molecule has 0 saturated carbocycles. The summed E-state index contributed by atoms with van der Waals surface area (Å²) >= 11 is 0. The van der Waals surface area contributed by atoms with Crippen LogP contribution in [0.2, 0.25) is 0 Å². The summed E-state index contributed by atoms with van der Waals surface area (Å²) in [5.41, 5.74) is 1.08. The molecular formula is C15H17FN4O. The molecule has 1 aliphatic heterocycles. The first-order chi connectivity index (χ1) is 10.3. The summed E-state index contributed by atoms with van der Waals surface area (Å²) in [4.78, 5) is 10.4. The molecule has 0 aromatic carbocycles. The Morgan fingerprint density at radius 3 is 2.90 bits per heavy atom. The molecular weight excluding hydrogens is 271 g/mol. The summed E-state index contributed by atoms with van der Waals surface area (Å²) in [5.74, 6) is 0.994. The molecule has 2 aromatic rings. The number of aromatic nitrogens is 2. The van der Waals surface area contributed by atoms with Gasteiger partial charge in [-0.1, -0.05) is 6.07 Å². The van der Waals surface area contributed by atoms with E-state index in [9.17, 15) is 4.39 Å². The molecule has 2 aromatic heterocycles. The fourth-order valence-electron chi connectivity index (χ4n) is 2.24. The van der Waals surface area contributed by atoms with E-state index >= 15 is 0 Å². The van der Waals surface area contributed by atoms with Crippen molar-refractivity contribution < 1.29 is 9.13 Å². The number of hydrogen-bond acceptors (Lipinski definition) is 5. The highest BCUT2D eigenvalue weighted by Crippen LogP contribution is 2.15. The summed E-state index contributed by atoms with van der Waals surface area (Å²) in [6.45, 7) is 3.76. The van der Waals surface area contributed by atoms with Crippen LogP contribution in [0.3, 0.4) is 0 Å². The molecule has 0 bridgehead atoms. The molecule has 5 nitrogen and oxygen atoms in total. The van der Waals surface area contributed by atoms with E-state index in [-0.39, 0.29) is 0 Å². The third-order valence-electron chi connectivity index (χ3n) is 3.33. The highest BCUT2D eigenvalue weighted by atomic mass is 19.1. The Hall–Kier alpha value is -2.21. The lowest BCUT2D eigenvalue weighted by atomic mass is 10.2. The van der Waals surface area contributed by atoms with E-state index in [0.717, 1.165) is 37.7 Å². The second-order valence-electron chi connectivity index (χ2n) is 4.82. The Morgan fingerprint density at radius 1 is 1.24 bits per heavy atom. The van der Waals surface area contributed by atoms with Crippen LogP contribution in [0.25, 0.3) is 0 Å². The van der Waals surface area contributed by atoms with Crippen molar-refractivity contribution in [3.8, 4) is 0 Å². The normalized spacial score (nSPS) is 15.0. The van der Waals surface area contributed by atoms with Crippen LogP contribution in [0.4, 0.5) is 16.0 Å². The maximum atomic E-state index is 13.0. The molecule has 0 amide bonds. The van der Waals surface area contributed by atoms with Gasteiger partial charge in [-0.25, -0.2) is 9.97 Å². The molecule has 1 fully saturated rings. The van der Waals surface area contributed by atoms with Crippen molar-refractivity contribution in [2.75, 3.05) is 36.5 Å². The molecule has 0 spiro atoms. The van der Waals surface area contributed by atoms with Crippen molar-refractivity contribution in [3.05, 3.63) is 48.0 Å². The number of nitrogens with zero attached hydrogens (tertiary/aromatic N) is 3. The molecule has 1 N–H and O–H groups in total. The molecule has 3 rings (SSSR count). The second-order valence-corrected chi connectivity index (χ2v) is 4.82. The van der Waals surface area contributed by atoms with Crippen molar-refractivity contribution in [3.63, 3.8) is 0 Å². The SMILES string of the molecule is Fc1cccc(NCc2ccnc(N3CCOCC3)c2)n1. The van der Waals surface area contributed by atoms with Gasteiger partial charge in [-0.3, -0.25) is 0 Å². The van der Waals surface area contributed by atoms with Gasteiger partial charge >= 0.3 is 0 Å². The molecule has 1 saturated heterocycles. The molecule has 6 heteroatoms. The van der Waals surface area contributed by atoms with Crippen LogP contribution in [0.1, 0.15) is 5.56 Å². The van der Waals surface area contributed by atoms with Crippen molar-refractivity contribution in [2.24, 2.45) is 0 Å². The lowest BCUT2D eigenvalue weighted by molar-refractivity contribution is 0.122.